The van der Waals surface area contributed by atoms with Gasteiger partial charge in [-0.05, 0) is 26.3 Å². The zero-order valence-electron chi connectivity index (χ0n) is 13.6. The minimum Gasteiger partial charge on any atom is -0.481 e. The Hall–Kier alpha value is -1.34. The van der Waals surface area contributed by atoms with Gasteiger partial charge in [0.2, 0.25) is 0 Å². The predicted octanol–water partition coefficient (Wildman–Crippen LogP) is 0.557. The third kappa shape index (κ3) is 3.70. The van der Waals surface area contributed by atoms with Crippen LogP contribution in [0.5, 0.6) is 0 Å². The van der Waals surface area contributed by atoms with Crippen molar-refractivity contribution in [3.63, 3.8) is 0 Å². The van der Waals surface area contributed by atoms with Gasteiger partial charge in [-0.25, -0.2) is 4.79 Å². The number of urea groups is 1. The first-order valence-electron chi connectivity index (χ1n) is 7.93. The summed E-state index contributed by atoms with van der Waals surface area (Å²) in [6, 6.07) is -0.0177. The van der Waals surface area contributed by atoms with Gasteiger partial charge in [0.15, 0.2) is 0 Å². The summed E-state index contributed by atoms with van der Waals surface area (Å²) in [5.74, 6) is -0.819. The Balaban J connectivity index is 2.02. The molecule has 0 spiro atoms. The normalized spacial score (nSPS) is 27.0. The van der Waals surface area contributed by atoms with E-state index in [0.29, 0.717) is 39.1 Å². The van der Waals surface area contributed by atoms with Gasteiger partial charge in [-0.1, -0.05) is 0 Å². The lowest BCUT2D eigenvalue weighted by molar-refractivity contribution is -0.153. The number of piperidine rings is 1. The summed E-state index contributed by atoms with van der Waals surface area (Å²) >= 11 is 0. The molecule has 2 aliphatic rings. The van der Waals surface area contributed by atoms with Crippen LogP contribution in [0, 0.1) is 5.41 Å². The number of carbonyl (C=O) groups excluding carboxylic acids is 1. The maximum absolute atomic E-state index is 12.7. The summed E-state index contributed by atoms with van der Waals surface area (Å²) < 4.78 is 5.06. The van der Waals surface area contributed by atoms with Gasteiger partial charge in [-0.15, -0.1) is 0 Å². The number of hydrogen-bond donors (Lipinski definition) is 1. The van der Waals surface area contributed by atoms with Crippen LogP contribution < -0.4 is 0 Å². The second kappa shape index (κ2) is 7.28. The zero-order chi connectivity index (χ0) is 16.2. The molecule has 7 heteroatoms. The average molecular weight is 313 g/mol. The summed E-state index contributed by atoms with van der Waals surface area (Å²) in [6.45, 7) is 4.50. The molecule has 2 rings (SSSR count). The quantitative estimate of drug-likeness (QED) is 0.821. The Bertz CT molecular complexity index is 410. The van der Waals surface area contributed by atoms with Crippen molar-refractivity contribution in [2.24, 2.45) is 5.41 Å². The number of carboxylic acid groups (broad SMARTS) is 1. The highest BCUT2D eigenvalue weighted by molar-refractivity contribution is 5.79. The number of rotatable bonds is 4. The summed E-state index contributed by atoms with van der Waals surface area (Å²) in [4.78, 5) is 30.2. The van der Waals surface area contributed by atoms with Gasteiger partial charge in [0.25, 0.3) is 0 Å². The molecule has 2 fully saturated rings. The first kappa shape index (κ1) is 17.0. The van der Waals surface area contributed by atoms with Gasteiger partial charge in [-0.2, -0.15) is 0 Å². The number of likely N-dealkylation sites (tertiary alicyclic amines) is 1. The summed E-state index contributed by atoms with van der Waals surface area (Å²) in [5.41, 5.74) is -0.865. The molecule has 2 saturated heterocycles. The van der Waals surface area contributed by atoms with E-state index in [-0.39, 0.29) is 12.6 Å². The van der Waals surface area contributed by atoms with Crippen molar-refractivity contribution in [2.45, 2.75) is 19.3 Å². The number of hydrogen-bond acceptors (Lipinski definition) is 4. The highest BCUT2D eigenvalue weighted by Crippen LogP contribution is 2.34. The fourth-order valence-electron chi connectivity index (χ4n) is 3.28. The number of ether oxygens (including phenoxy) is 1. The van der Waals surface area contributed by atoms with Crippen molar-refractivity contribution in [1.29, 1.82) is 0 Å². The molecular formula is C15H27N3O4. The zero-order valence-corrected chi connectivity index (χ0v) is 13.6. The van der Waals surface area contributed by atoms with E-state index in [0.717, 1.165) is 19.5 Å². The Morgan fingerprint density at radius 2 is 1.82 bits per heavy atom. The number of nitrogens with zero attached hydrogens (tertiary/aromatic N) is 3. The average Bonchev–Trinajstić information content (AvgIpc) is 2.53. The van der Waals surface area contributed by atoms with Crippen molar-refractivity contribution in [3.05, 3.63) is 0 Å². The molecule has 0 unspecified atom stereocenters. The van der Waals surface area contributed by atoms with E-state index in [2.05, 4.69) is 4.90 Å². The number of carbonyl (C=O) groups is 2. The van der Waals surface area contributed by atoms with Gasteiger partial charge >= 0.3 is 12.0 Å². The SMILES string of the molecule is COCC[C@@]1(C(=O)O)CCCN(C(=O)N2CCN(C)CC2)C1. The molecule has 2 amide bonds. The summed E-state index contributed by atoms with van der Waals surface area (Å²) in [6.07, 6.45) is 1.79. The molecule has 126 valence electrons. The van der Waals surface area contributed by atoms with Crippen LogP contribution in [0.25, 0.3) is 0 Å². The van der Waals surface area contributed by atoms with Crippen LogP contribution in [0.2, 0.25) is 0 Å². The molecule has 0 aromatic carbocycles. The van der Waals surface area contributed by atoms with Crippen LogP contribution >= 0.6 is 0 Å². The molecule has 1 N–H and O–H groups in total. The second-order valence-corrected chi connectivity index (χ2v) is 6.43. The summed E-state index contributed by atoms with van der Waals surface area (Å²) in [5, 5.41) is 9.65. The number of methoxy groups -OCH3 is 1. The highest BCUT2D eigenvalue weighted by atomic mass is 16.5. The molecule has 0 aliphatic carbocycles. The minimum absolute atomic E-state index is 0.0177. The van der Waals surface area contributed by atoms with Gasteiger partial charge < -0.3 is 24.5 Å². The monoisotopic (exact) mass is 313 g/mol. The molecule has 2 heterocycles. The Morgan fingerprint density at radius 1 is 1.14 bits per heavy atom. The first-order chi connectivity index (χ1) is 10.5. The predicted molar refractivity (Wildman–Crippen MR) is 81.8 cm³/mol. The third-order valence-corrected chi connectivity index (χ3v) is 4.86. The van der Waals surface area contributed by atoms with Gasteiger partial charge in [-0.3, -0.25) is 4.79 Å². The molecule has 0 radical (unpaired) electrons. The molecule has 22 heavy (non-hydrogen) atoms. The van der Waals surface area contributed by atoms with Crippen molar-refractivity contribution < 1.29 is 19.4 Å². The standard InChI is InChI=1S/C15H27N3O4/c1-16-7-9-17(10-8-16)14(21)18-6-3-4-15(12-18,13(19)20)5-11-22-2/h3-12H2,1-2H3,(H,19,20)/t15-/m0/s1. The summed E-state index contributed by atoms with van der Waals surface area (Å²) in [7, 11) is 3.62. The lowest BCUT2D eigenvalue weighted by Crippen LogP contribution is -2.57. The van der Waals surface area contributed by atoms with E-state index in [1.165, 1.54) is 0 Å². The lowest BCUT2D eigenvalue weighted by Gasteiger charge is -2.43. The number of likely N-dealkylation sites (N-methyl/N-ethyl adjacent to an activating group) is 1. The molecular weight excluding hydrogens is 286 g/mol. The fourth-order valence-corrected chi connectivity index (χ4v) is 3.28. The van der Waals surface area contributed by atoms with E-state index in [9.17, 15) is 14.7 Å². The molecule has 7 nitrogen and oxygen atoms in total. The first-order valence-corrected chi connectivity index (χ1v) is 7.93. The molecule has 1 atom stereocenters. The molecule has 0 aromatic rings. The number of piperazine rings is 1. The fraction of sp³-hybridized carbons (Fsp3) is 0.867. The highest BCUT2D eigenvalue weighted by Gasteiger charge is 2.44. The minimum atomic E-state index is -0.865. The topological polar surface area (TPSA) is 73.3 Å². The van der Waals surface area contributed by atoms with Crippen molar-refractivity contribution in [2.75, 3.05) is 60.0 Å². The molecule has 0 saturated carbocycles. The van der Waals surface area contributed by atoms with E-state index < -0.39 is 11.4 Å². The van der Waals surface area contributed by atoms with Crippen LogP contribution in [0.3, 0.4) is 0 Å². The van der Waals surface area contributed by atoms with Gasteiger partial charge in [0.1, 0.15) is 0 Å². The van der Waals surface area contributed by atoms with Crippen molar-refractivity contribution in [3.8, 4) is 0 Å². The number of carboxylic acids is 1. The second-order valence-electron chi connectivity index (χ2n) is 6.43. The Labute approximate surface area is 131 Å². The maximum atomic E-state index is 12.7. The van der Waals surface area contributed by atoms with Gasteiger partial charge in [0, 0.05) is 53.0 Å². The number of amides is 2. The molecule has 0 bridgehead atoms. The van der Waals surface area contributed by atoms with Crippen molar-refractivity contribution in [1.82, 2.24) is 14.7 Å². The van der Waals surface area contributed by atoms with Crippen LogP contribution in [-0.4, -0.2) is 91.8 Å². The Morgan fingerprint density at radius 3 is 2.41 bits per heavy atom. The van der Waals surface area contributed by atoms with Crippen LogP contribution in [0.15, 0.2) is 0 Å². The lowest BCUT2D eigenvalue weighted by atomic mass is 9.77. The van der Waals surface area contributed by atoms with Crippen LogP contribution in [0.4, 0.5) is 4.79 Å². The van der Waals surface area contributed by atoms with Crippen LogP contribution in [-0.2, 0) is 9.53 Å². The van der Waals surface area contributed by atoms with E-state index in [4.69, 9.17) is 4.74 Å². The van der Waals surface area contributed by atoms with E-state index >= 15 is 0 Å². The Kier molecular flexibility index (Phi) is 5.63. The molecule has 2 aliphatic heterocycles. The van der Waals surface area contributed by atoms with Crippen LogP contribution in [0.1, 0.15) is 19.3 Å². The molecule has 0 aromatic heterocycles. The van der Waals surface area contributed by atoms with E-state index in [1.54, 1.807) is 12.0 Å². The van der Waals surface area contributed by atoms with Crippen molar-refractivity contribution >= 4 is 12.0 Å². The number of aliphatic carboxylic acids is 1. The largest absolute Gasteiger partial charge is 0.481 e. The third-order valence-electron chi connectivity index (χ3n) is 4.86. The van der Waals surface area contributed by atoms with Gasteiger partial charge in [0.05, 0.1) is 5.41 Å². The maximum Gasteiger partial charge on any atom is 0.320 e. The van der Waals surface area contributed by atoms with E-state index in [1.807, 2.05) is 11.9 Å². The smallest absolute Gasteiger partial charge is 0.320 e.